The second kappa shape index (κ2) is 19.8. The fourth-order valence-electron chi connectivity index (χ4n) is 7.15. The molecule has 0 aliphatic carbocycles. The van der Waals surface area contributed by atoms with E-state index in [0.29, 0.717) is 72.9 Å². The van der Waals surface area contributed by atoms with Crippen LogP contribution >= 0.6 is 12.4 Å². The van der Waals surface area contributed by atoms with Crippen LogP contribution in [0.3, 0.4) is 0 Å². The molecule has 8 rings (SSSR count). The zero-order chi connectivity index (χ0) is 41.3. The number of carbonyl (C=O) groups is 4. The average Bonchev–Trinajstić information content (AvgIpc) is 4.11. The van der Waals surface area contributed by atoms with Crippen molar-refractivity contribution in [3.05, 3.63) is 118 Å². The third kappa shape index (κ3) is 11.0. The van der Waals surface area contributed by atoms with Gasteiger partial charge in [0.1, 0.15) is 23.3 Å². The van der Waals surface area contributed by atoms with E-state index >= 15 is 0 Å². The van der Waals surface area contributed by atoms with Crippen LogP contribution in [0.25, 0.3) is 0 Å². The minimum absolute atomic E-state index is 0. The number of aliphatic imine (C=N–C) groups is 4. The lowest BCUT2D eigenvalue weighted by Crippen LogP contribution is -2.23. The minimum Gasteiger partial charge on any atom is -0.368 e. The molecule has 4 aromatic rings. The Morgan fingerprint density at radius 2 is 0.738 bits per heavy atom. The van der Waals surface area contributed by atoms with Gasteiger partial charge in [0.25, 0.3) is 11.8 Å². The molecule has 0 radical (unpaired) electrons. The van der Waals surface area contributed by atoms with Gasteiger partial charge in [0.15, 0.2) is 0 Å². The van der Waals surface area contributed by atoms with Crippen molar-refractivity contribution in [1.29, 1.82) is 0 Å². The van der Waals surface area contributed by atoms with E-state index in [4.69, 9.17) is 0 Å². The number of hydrogen-bond donors (Lipinski definition) is 8. The Kier molecular flexibility index (Phi) is 13.6. The summed E-state index contributed by atoms with van der Waals surface area (Å²) in [6, 6.07) is 25.0. The van der Waals surface area contributed by atoms with Crippen molar-refractivity contribution in [2.24, 2.45) is 20.0 Å². The zero-order valence-electron chi connectivity index (χ0n) is 33.4. The maximum Gasteiger partial charge on any atom is 0.255 e. The number of amidine groups is 4. The quantitative estimate of drug-likeness (QED) is 0.0813. The van der Waals surface area contributed by atoms with E-state index in [0.717, 1.165) is 71.8 Å². The fourth-order valence-corrected chi connectivity index (χ4v) is 7.15. The number of unbranched alkanes of at least 4 members (excludes halogenated alkanes) is 1. The summed E-state index contributed by atoms with van der Waals surface area (Å²) >= 11 is 0. The molecule has 314 valence electrons. The normalized spacial score (nSPS) is 15.0. The Balaban J connectivity index is 0.00000561. The Morgan fingerprint density at radius 3 is 1.02 bits per heavy atom. The van der Waals surface area contributed by atoms with Crippen LogP contribution in [-0.2, 0) is 9.59 Å². The van der Waals surface area contributed by atoms with Crippen molar-refractivity contribution >= 4 is 82.1 Å². The SMILES string of the molecule is Cl.O=C(CCCCC(=O)Nc1ccc(C(=O)Nc2cc(C3=NCCN3)cc(C3=NCCN3)c2)cc1)Nc1ccc(C(=O)Nc2cc(C3=NCCN3)cc(C3=NCCN3)c2)cc1. The van der Waals surface area contributed by atoms with E-state index in [1.807, 2.05) is 36.4 Å². The lowest BCUT2D eigenvalue weighted by Gasteiger charge is -2.12. The first-order chi connectivity index (χ1) is 29.3. The zero-order valence-corrected chi connectivity index (χ0v) is 34.2. The Hall–Kier alpha value is -7.07. The van der Waals surface area contributed by atoms with Crippen LogP contribution in [0, 0.1) is 0 Å². The highest BCUT2D eigenvalue weighted by atomic mass is 35.5. The third-order valence-electron chi connectivity index (χ3n) is 10.1. The number of carbonyl (C=O) groups excluding carboxylic acids is 4. The summed E-state index contributed by atoms with van der Waals surface area (Å²) < 4.78 is 0. The highest BCUT2D eigenvalue weighted by molar-refractivity contribution is 6.11. The summed E-state index contributed by atoms with van der Waals surface area (Å²) in [7, 11) is 0. The van der Waals surface area contributed by atoms with Crippen molar-refractivity contribution in [1.82, 2.24) is 21.3 Å². The monoisotopic (exact) mass is 842 g/mol. The van der Waals surface area contributed by atoms with Gasteiger partial charge < -0.3 is 42.5 Å². The minimum atomic E-state index is -0.286. The number of rotatable bonds is 15. The lowest BCUT2D eigenvalue weighted by atomic mass is 10.1. The van der Waals surface area contributed by atoms with Crippen molar-refractivity contribution in [2.45, 2.75) is 25.7 Å². The standard InChI is InChI=1S/C44H46N12O4.ClH/c57-37(53-33-9-5-27(6-10-33)43(59)55-35-23-29(39-45-13-14-46-39)21-30(24-35)40-47-15-16-48-40)3-1-2-4-38(58)54-34-11-7-28(8-12-34)44(60)56-36-25-31(41-49-17-18-50-41)22-32(26-36)42-51-19-20-52-42;/h5-12,21-26H,1-4,13-20H2,(H,45,46)(H,47,48)(H,49,50)(H,51,52)(H,53,57)(H,54,58)(H,55,59)(H,56,60);1H. The van der Waals surface area contributed by atoms with Crippen molar-refractivity contribution in [3.8, 4) is 0 Å². The highest BCUT2D eigenvalue weighted by Gasteiger charge is 2.19. The molecule has 17 heteroatoms. The van der Waals surface area contributed by atoms with Crippen molar-refractivity contribution in [2.75, 3.05) is 73.6 Å². The van der Waals surface area contributed by atoms with Crippen LogP contribution in [0.1, 0.15) is 68.7 Å². The molecule has 61 heavy (non-hydrogen) atoms. The molecule has 4 aliphatic rings. The summed E-state index contributed by atoms with van der Waals surface area (Å²) in [6.45, 7) is 5.88. The fraction of sp³-hybridized carbons (Fsp3) is 0.273. The summed E-state index contributed by atoms with van der Waals surface area (Å²) in [5, 5.41) is 24.8. The molecule has 8 N–H and O–H groups in total. The Bertz CT molecular complexity index is 2180. The predicted octanol–water partition coefficient (Wildman–Crippen LogP) is 4.15. The lowest BCUT2D eigenvalue weighted by molar-refractivity contribution is -0.118. The summed E-state index contributed by atoms with van der Waals surface area (Å²) in [5.74, 6) is 2.20. The molecule has 0 aromatic heterocycles. The van der Waals surface area contributed by atoms with Crippen LogP contribution in [0.2, 0.25) is 0 Å². The van der Waals surface area contributed by atoms with Crippen LogP contribution in [0.4, 0.5) is 22.7 Å². The molecule has 16 nitrogen and oxygen atoms in total. The largest absolute Gasteiger partial charge is 0.368 e. The summed E-state index contributed by atoms with van der Waals surface area (Å²) in [6.07, 6.45) is 1.49. The van der Waals surface area contributed by atoms with Crippen molar-refractivity contribution in [3.63, 3.8) is 0 Å². The molecule has 0 saturated heterocycles. The number of hydrogen-bond acceptors (Lipinski definition) is 12. The molecule has 0 fully saturated rings. The average molecular weight is 843 g/mol. The van der Waals surface area contributed by atoms with Gasteiger partial charge in [0.05, 0.1) is 26.2 Å². The molecular weight excluding hydrogens is 796 g/mol. The van der Waals surface area contributed by atoms with E-state index in [2.05, 4.69) is 62.5 Å². The van der Waals surface area contributed by atoms with E-state index in [1.54, 1.807) is 48.5 Å². The molecule has 0 bridgehead atoms. The van der Waals surface area contributed by atoms with Gasteiger partial charge in [-0.25, -0.2) is 0 Å². The van der Waals surface area contributed by atoms with Gasteiger partial charge in [0, 0.05) is 95.2 Å². The Labute approximate surface area is 359 Å². The summed E-state index contributed by atoms with van der Waals surface area (Å²) in [5.41, 5.74) is 6.75. The molecular formula is C44H47ClN12O4. The number of nitrogens with zero attached hydrogens (tertiary/aromatic N) is 4. The van der Waals surface area contributed by atoms with Crippen LogP contribution in [0.15, 0.2) is 105 Å². The molecule has 4 heterocycles. The first-order valence-electron chi connectivity index (χ1n) is 20.2. The topological polar surface area (TPSA) is 214 Å². The Morgan fingerprint density at radius 1 is 0.426 bits per heavy atom. The molecule has 0 spiro atoms. The third-order valence-corrected chi connectivity index (χ3v) is 10.1. The van der Waals surface area contributed by atoms with E-state index in [1.165, 1.54) is 0 Å². The number of benzene rings is 4. The maximum atomic E-state index is 13.2. The first-order valence-corrected chi connectivity index (χ1v) is 20.2. The molecule has 0 unspecified atom stereocenters. The van der Waals surface area contributed by atoms with Gasteiger partial charge in [-0.15, -0.1) is 12.4 Å². The summed E-state index contributed by atoms with van der Waals surface area (Å²) in [4.78, 5) is 69.9. The van der Waals surface area contributed by atoms with E-state index in [9.17, 15) is 19.2 Å². The van der Waals surface area contributed by atoms with E-state index in [-0.39, 0.29) is 48.9 Å². The van der Waals surface area contributed by atoms with Gasteiger partial charge in [0.2, 0.25) is 11.8 Å². The number of nitrogens with one attached hydrogen (secondary N) is 8. The predicted molar refractivity (Wildman–Crippen MR) is 242 cm³/mol. The van der Waals surface area contributed by atoms with E-state index < -0.39 is 0 Å². The second-order valence-electron chi connectivity index (χ2n) is 14.6. The second-order valence-corrected chi connectivity index (χ2v) is 14.6. The molecule has 4 aromatic carbocycles. The van der Waals surface area contributed by atoms with Crippen LogP contribution < -0.4 is 42.5 Å². The van der Waals surface area contributed by atoms with Gasteiger partial charge in [-0.1, -0.05) is 0 Å². The van der Waals surface area contributed by atoms with Crippen molar-refractivity contribution < 1.29 is 19.2 Å². The molecule has 0 saturated carbocycles. The van der Waals surface area contributed by atoms with Gasteiger partial charge in [-0.3, -0.25) is 39.1 Å². The van der Waals surface area contributed by atoms with Gasteiger partial charge in [-0.05, 0) is 97.8 Å². The van der Waals surface area contributed by atoms with Crippen LogP contribution in [-0.4, -0.2) is 99.3 Å². The maximum absolute atomic E-state index is 13.2. The smallest absolute Gasteiger partial charge is 0.255 e. The first kappa shape index (κ1) is 42.1. The number of halogens is 1. The van der Waals surface area contributed by atoms with Gasteiger partial charge >= 0.3 is 0 Å². The van der Waals surface area contributed by atoms with Crippen LogP contribution in [0.5, 0.6) is 0 Å². The molecule has 0 atom stereocenters. The number of anilines is 4. The highest BCUT2D eigenvalue weighted by Crippen LogP contribution is 2.22. The number of amides is 4. The molecule has 4 aliphatic heterocycles. The molecule has 4 amide bonds. The van der Waals surface area contributed by atoms with Gasteiger partial charge in [-0.2, -0.15) is 0 Å².